The van der Waals surface area contributed by atoms with E-state index in [0.29, 0.717) is 6.04 Å². The molecule has 0 aliphatic carbocycles. The Morgan fingerprint density at radius 1 is 1.44 bits per heavy atom. The number of para-hydroxylation sites is 2. The Bertz CT molecular complexity index is 489. The van der Waals surface area contributed by atoms with Crippen molar-refractivity contribution in [1.29, 1.82) is 0 Å². The second-order valence-corrected chi connectivity index (χ2v) is 4.76. The van der Waals surface area contributed by atoms with Crippen LogP contribution in [0.25, 0.3) is 11.1 Å². The van der Waals surface area contributed by atoms with Gasteiger partial charge in [0.1, 0.15) is 5.52 Å². The number of nitrogens with one attached hydrogen (secondary N) is 1. The normalized spacial score (nSPS) is 19.8. The highest BCUT2D eigenvalue weighted by molar-refractivity contribution is 5.74. The number of likely N-dealkylation sites (N-methyl/N-ethyl adjacent to an activating group) is 1. The minimum atomic E-state index is 0.512. The Morgan fingerprint density at radius 2 is 2.33 bits per heavy atom. The van der Waals surface area contributed by atoms with E-state index in [4.69, 9.17) is 4.42 Å². The lowest BCUT2D eigenvalue weighted by Crippen LogP contribution is -2.38. The highest BCUT2D eigenvalue weighted by atomic mass is 16.4. The number of anilines is 1. The van der Waals surface area contributed by atoms with Gasteiger partial charge in [0, 0.05) is 19.1 Å². The zero-order valence-electron chi connectivity index (χ0n) is 10.7. The summed E-state index contributed by atoms with van der Waals surface area (Å²) in [5.74, 6) is 0. The molecular formula is C14H19N3O. The molecule has 1 unspecified atom stereocenters. The van der Waals surface area contributed by atoms with Gasteiger partial charge in [-0.1, -0.05) is 19.1 Å². The summed E-state index contributed by atoms with van der Waals surface area (Å²) in [6.07, 6.45) is 2.43. The van der Waals surface area contributed by atoms with Gasteiger partial charge in [0.15, 0.2) is 5.58 Å². The van der Waals surface area contributed by atoms with Crippen molar-refractivity contribution in [2.45, 2.75) is 25.8 Å². The van der Waals surface area contributed by atoms with Gasteiger partial charge < -0.3 is 14.6 Å². The molecule has 2 heterocycles. The molecule has 0 bridgehead atoms. The summed E-state index contributed by atoms with van der Waals surface area (Å²) in [6, 6.07) is 9.24. The van der Waals surface area contributed by atoms with Crippen molar-refractivity contribution in [2.24, 2.45) is 0 Å². The van der Waals surface area contributed by atoms with E-state index in [1.54, 1.807) is 0 Å². The van der Waals surface area contributed by atoms with E-state index in [0.717, 1.165) is 36.7 Å². The highest BCUT2D eigenvalue weighted by Crippen LogP contribution is 2.27. The van der Waals surface area contributed by atoms with Crippen molar-refractivity contribution in [3.63, 3.8) is 0 Å². The lowest BCUT2D eigenvalue weighted by atomic mass is 10.2. The molecule has 2 aromatic rings. The van der Waals surface area contributed by atoms with Gasteiger partial charge in [-0.15, -0.1) is 0 Å². The lowest BCUT2D eigenvalue weighted by Gasteiger charge is -2.22. The molecule has 1 aromatic heterocycles. The first kappa shape index (κ1) is 11.5. The van der Waals surface area contributed by atoms with Crippen LogP contribution in [0.1, 0.15) is 19.8 Å². The SMILES string of the molecule is CCNCC1CCCN1c1nc2ccccc2o1. The molecule has 1 atom stereocenters. The van der Waals surface area contributed by atoms with E-state index < -0.39 is 0 Å². The van der Waals surface area contributed by atoms with Crippen LogP contribution in [0.3, 0.4) is 0 Å². The fraction of sp³-hybridized carbons (Fsp3) is 0.500. The third-order valence-electron chi connectivity index (χ3n) is 3.54. The number of rotatable bonds is 4. The van der Waals surface area contributed by atoms with Gasteiger partial charge in [-0.2, -0.15) is 4.98 Å². The number of benzene rings is 1. The number of aromatic nitrogens is 1. The topological polar surface area (TPSA) is 41.3 Å². The molecule has 1 fully saturated rings. The van der Waals surface area contributed by atoms with Crippen LogP contribution < -0.4 is 10.2 Å². The molecule has 0 amide bonds. The Kier molecular flexibility index (Phi) is 3.19. The molecule has 4 nitrogen and oxygen atoms in total. The van der Waals surface area contributed by atoms with Crippen LogP contribution in [-0.4, -0.2) is 30.7 Å². The second kappa shape index (κ2) is 4.98. The zero-order chi connectivity index (χ0) is 12.4. The molecule has 1 saturated heterocycles. The fourth-order valence-corrected chi connectivity index (χ4v) is 2.59. The Labute approximate surface area is 107 Å². The molecule has 96 valence electrons. The van der Waals surface area contributed by atoms with Gasteiger partial charge in [0.25, 0.3) is 6.01 Å². The highest BCUT2D eigenvalue weighted by Gasteiger charge is 2.27. The molecule has 0 radical (unpaired) electrons. The number of nitrogens with zero attached hydrogens (tertiary/aromatic N) is 2. The summed E-state index contributed by atoms with van der Waals surface area (Å²) in [4.78, 5) is 6.88. The van der Waals surface area contributed by atoms with Gasteiger partial charge >= 0.3 is 0 Å². The minimum absolute atomic E-state index is 0.512. The monoisotopic (exact) mass is 245 g/mol. The van der Waals surface area contributed by atoms with Gasteiger partial charge in [0.2, 0.25) is 0 Å². The van der Waals surface area contributed by atoms with E-state index in [9.17, 15) is 0 Å². The first-order chi connectivity index (χ1) is 8.88. The van der Waals surface area contributed by atoms with Crippen molar-refractivity contribution in [2.75, 3.05) is 24.5 Å². The third-order valence-corrected chi connectivity index (χ3v) is 3.54. The van der Waals surface area contributed by atoms with E-state index >= 15 is 0 Å². The molecule has 4 heteroatoms. The lowest BCUT2D eigenvalue weighted by molar-refractivity contribution is 0.526. The van der Waals surface area contributed by atoms with Crippen molar-refractivity contribution < 1.29 is 4.42 Å². The maximum atomic E-state index is 5.85. The summed E-state index contributed by atoms with van der Waals surface area (Å²) in [5, 5.41) is 3.41. The Balaban J connectivity index is 1.84. The predicted molar refractivity (Wildman–Crippen MR) is 72.9 cm³/mol. The molecular weight excluding hydrogens is 226 g/mol. The van der Waals surface area contributed by atoms with E-state index in [2.05, 4.69) is 22.1 Å². The van der Waals surface area contributed by atoms with Crippen molar-refractivity contribution in [1.82, 2.24) is 10.3 Å². The maximum Gasteiger partial charge on any atom is 0.298 e. The van der Waals surface area contributed by atoms with E-state index in [1.807, 2.05) is 24.3 Å². The minimum Gasteiger partial charge on any atom is -0.423 e. The Hall–Kier alpha value is -1.55. The number of oxazole rings is 1. The maximum absolute atomic E-state index is 5.85. The average Bonchev–Trinajstić information content (AvgIpc) is 3.01. The molecule has 18 heavy (non-hydrogen) atoms. The first-order valence-corrected chi connectivity index (χ1v) is 6.71. The van der Waals surface area contributed by atoms with Crippen LogP contribution in [0.2, 0.25) is 0 Å². The molecule has 1 N–H and O–H groups in total. The van der Waals surface area contributed by atoms with Crippen molar-refractivity contribution >= 4 is 17.1 Å². The van der Waals surface area contributed by atoms with E-state index in [-0.39, 0.29) is 0 Å². The van der Waals surface area contributed by atoms with Gasteiger partial charge in [-0.25, -0.2) is 0 Å². The summed E-state index contributed by atoms with van der Waals surface area (Å²) < 4.78 is 5.85. The van der Waals surface area contributed by atoms with Crippen LogP contribution in [0.5, 0.6) is 0 Å². The molecule has 1 aromatic carbocycles. The van der Waals surface area contributed by atoms with Crippen LogP contribution in [0.4, 0.5) is 6.01 Å². The third kappa shape index (κ3) is 2.08. The van der Waals surface area contributed by atoms with Gasteiger partial charge in [0.05, 0.1) is 0 Å². The van der Waals surface area contributed by atoms with Crippen LogP contribution in [0, 0.1) is 0 Å². The smallest absolute Gasteiger partial charge is 0.298 e. The molecule has 0 spiro atoms. The summed E-state index contributed by atoms with van der Waals surface area (Å²) in [7, 11) is 0. The largest absolute Gasteiger partial charge is 0.423 e. The Morgan fingerprint density at radius 3 is 3.17 bits per heavy atom. The van der Waals surface area contributed by atoms with Crippen LogP contribution in [0.15, 0.2) is 28.7 Å². The number of hydrogen-bond acceptors (Lipinski definition) is 4. The second-order valence-electron chi connectivity index (χ2n) is 4.76. The summed E-state index contributed by atoms with van der Waals surface area (Å²) in [6.45, 7) is 5.20. The number of hydrogen-bond donors (Lipinski definition) is 1. The molecule has 1 aliphatic rings. The quantitative estimate of drug-likeness (QED) is 0.898. The molecule has 0 saturated carbocycles. The van der Waals surface area contributed by atoms with Crippen LogP contribution >= 0.6 is 0 Å². The standard InChI is InChI=1S/C14H19N3O/c1-2-15-10-11-6-5-9-17(11)14-16-12-7-3-4-8-13(12)18-14/h3-4,7-8,11,15H,2,5-6,9-10H2,1H3. The predicted octanol–water partition coefficient (Wildman–Crippen LogP) is 2.41. The van der Waals surface area contributed by atoms with Crippen molar-refractivity contribution in [3.05, 3.63) is 24.3 Å². The average molecular weight is 245 g/mol. The first-order valence-electron chi connectivity index (χ1n) is 6.71. The van der Waals surface area contributed by atoms with E-state index in [1.165, 1.54) is 12.8 Å². The zero-order valence-corrected chi connectivity index (χ0v) is 10.7. The summed E-state index contributed by atoms with van der Waals surface area (Å²) >= 11 is 0. The molecule has 1 aliphatic heterocycles. The molecule has 3 rings (SSSR count). The van der Waals surface area contributed by atoms with Crippen molar-refractivity contribution in [3.8, 4) is 0 Å². The number of fused-ring (bicyclic) bond motifs is 1. The van der Waals surface area contributed by atoms with Gasteiger partial charge in [-0.3, -0.25) is 0 Å². The van der Waals surface area contributed by atoms with Gasteiger partial charge in [-0.05, 0) is 31.5 Å². The fourth-order valence-electron chi connectivity index (χ4n) is 2.59. The van der Waals surface area contributed by atoms with Crippen LogP contribution in [-0.2, 0) is 0 Å². The summed E-state index contributed by atoms with van der Waals surface area (Å²) in [5.41, 5.74) is 1.82.